The van der Waals surface area contributed by atoms with Crippen molar-refractivity contribution in [3.05, 3.63) is 53.1 Å². The fourth-order valence-corrected chi connectivity index (χ4v) is 7.09. The van der Waals surface area contributed by atoms with Crippen LogP contribution in [0.25, 0.3) is 0 Å². The molecule has 3 unspecified atom stereocenters. The molecule has 59 heavy (non-hydrogen) atoms. The van der Waals surface area contributed by atoms with Gasteiger partial charge in [-0.15, -0.1) is 0 Å². The molecule has 1 saturated carbocycles. The summed E-state index contributed by atoms with van der Waals surface area (Å²) < 4.78 is 47.3. The number of hydrogen-bond donors (Lipinski definition) is 4. The van der Waals surface area contributed by atoms with Crippen LogP contribution in [-0.2, 0) is 44.7 Å². The summed E-state index contributed by atoms with van der Waals surface area (Å²) in [5.74, 6) is 1.48. The topological polar surface area (TPSA) is 220 Å². The normalized spacial score (nSPS) is 21.9. The maximum Gasteiger partial charge on any atom is 0.508 e. The Balaban J connectivity index is 1.31. The zero-order valence-corrected chi connectivity index (χ0v) is 33.8. The molecule has 3 aliphatic rings. The Morgan fingerprint density at radius 3 is 2.20 bits per heavy atom. The van der Waals surface area contributed by atoms with Crippen LogP contribution in [0.2, 0.25) is 5.02 Å². The Labute approximate surface area is 347 Å². The van der Waals surface area contributed by atoms with Crippen LogP contribution < -0.4 is 14.4 Å². The molecule has 0 aromatic heterocycles. The van der Waals surface area contributed by atoms with E-state index in [2.05, 4.69) is 14.6 Å². The number of carbonyl (C=O) groups is 2. The Morgan fingerprint density at radius 1 is 0.831 bits per heavy atom. The minimum Gasteiger partial charge on any atom is -0.490 e. The molecule has 0 bridgehead atoms. The predicted molar refractivity (Wildman–Crippen MR) is 203 cm³/mol. The molecule has 20 nitrogen and oxygen atoms in total. The lowest BCUT2D eigenvalue weighted by atomic mass is 9.93. The first-order valence-electron chi connectivity index (χ1n) is 19.6. The number of likely N-dealkylation sites (tertiary alicyclic amines) is 1. The van der Waals surface area contributed by atoms with Crippen molar-refractivity contribution in [3.63, 3.8) is 0 Å². The number of carbonyl (C=O) groups excluding carboxylic acids is 2. The molecule has 2 heterocycles. The molecule has 4 N–H and O–H groups in total. The number of rotatable bonds is 22. The van der Waals surface area contributed by atoms with Gasteiger partial charge >= 0.3 is 12.2 Å². The average Bonchev–Trinajstić information content (AvgIpc) is 3.22. The SMILES string of the molecule is COCCCN1CCOc2ccc(COC3CN(C(=O)OCCCON(O)O)CC(OC(=O)OCCCON(O)O)C3OC3CCC(Oc4ccc(Cl)cc4)CC3)cc21. The molecule has 1 aliphatic carbocycles. The number of amides is 1. The van der Waals surface area contributed by atoms with Crippen molar-refractivity contribution in [2.24, 2.45) is 0 Å². The zero-order chi connectivity index (χ0) is 42.0. The van der Waals surface area contributed by atoms with Crippen molar-refractivity contribution in [2.75, 3.05) is 77.8 Å². The number of piperidine rings is 1. The fourth-order valence-electron chi connectivity index (χ4n) is 6.96. The third-order valence-electron chi connectivity index (χ3n) is 9.79. The predicted octanol–water partition coefficient (Wildman–Crippen LogP) is 5.01. The minimum atomic E-state index is -1.06. The van der Waals surface area contributed by atoms with Crippen molar-refractivity contribution in [1.29, 1.82) is 0 Å². The first kappa shape index (κ1) is 46.3. The van der Waals surface area contributed by atoms with Gasteiger partial charge in [-0.1, -0.05) is 17.7 Å². The second kappa shape index (κ2) is 24.5. The van der Waals surface area contributed by atoms with E-state index in [1.54, 1.807) is 19.2 Å². The number of benzene rings is 2. The lowest BCUT2D eigenvalue weighted by molar-refractivity contribution is -0.493. The number of hydrogen-bond acceptors (Lipinski definition) is 19. The van der Waals surface area contributed by atoms with Crippen LogP contribution in [0.4, 0.5) is 15.3 Å². The largest absolute Gasteiger partial charge is 0.508 e. The number of nitrogens with zero attached hydrogens (tertiary/aromatic N) is 4. The van der Waals surface area contributed by atoms with E-state index in [1.807, 2.05) is 30.3 Å². The number of ether oxygens (including phenoxy) is 8. The Kier molecular flexibility index (Phi) is 19.2. The Bertz CT molecular complexity index is 1550. The highest BCUT2D eigenvalue weighted by Gasteiger charge is 2.45. The molecule has 2 aromatic carbocycles. The van der Waals surface area contributed by atoms with E-state index in [0.29, 0.717) is 43.9 Å². The van der Waals surface area contributed by atoms with E-state index in [9.17, 15) is 9.59 Å². The van der Waals surface area contributed by atoms with Crippen LogP contribution in [0.1, 0.15) is 50.5 Å². The van der Waals surface area contributed by atoms with Gasteiger partial charge in [-0.25, -0.2) is 9.59 Å². The standard InChI is InChI=1S/C38H55ClN4O16/c1-50-17-2-15-40-16-22-51-33-14-5-27(23-32(33)40)26-54-34-24-41(37(44)52-18-3-20-55-42(46)47)25-35(59-38(45)53-19-4-21-56-43(48)49)36(34)58-31-12-10-30(11-13-31)57-29-8-6-28(39)7-9-29/h5-9,14,23,30-31,34-36,46-49H,2-4,10-13,15-22,24-26H2,1H3. The van der Waals surface area contributed by atoms with Crippen molar-refractivity contribution in [1.82, 2.24) is 15.7 Å². The summed E-state index contributed by atoms with van der Waals surface area (Å²) in [5.41, 5.74) is 1.77. The van der Waals surface area contributed by atoms with Crippen molar-refractivity contribution in [3.8, 4) is 11.5 Å². The molecule has 0 radical (unpaired) electrons. The van der Waals surface area contributed by atoms with Crippen LogP contribution in [-0.4, -0.2) is 152 Å². The van der Waals surface area contributed by atoms with Gasteiger partial charge in [-0.05, 0) is 74.1 Å². The summed E-state index contributed by atoms with van der Waals surface area (Å²) in [7, 11) is 1.67. The number of halogens is 1. The quantitative estimate of drug-likeness (QED) is 0.0694. The molecule has 1 amide bonds. The molecule has 21 heteroatoms. The highest BCUT2D eigenvalue weighted by molar-refractivity contribution is 6.30. The van der Waals surface area contributed by atoms with Gasteiger partial charge in [0.2, 0.25) is 0 Å². The van der Waals surface area contributed by atoms with Gasteiger partial charge in [0.25, 0.3) is 0 Å². The summed E-state index contributed by atoms with van der Waals surface area (Å²) in [6.45, 7) is 2.15. The summed E-state index contributed by atoms with van der Waals surface area (Å²) in [5, 5.41) is 34.9. The molecule has 2 fully saturated rings. The zero-order valence-electron chi connectivity index (χ0n) is 33.0. The Morgan fingerprint density at radius 2 is 1.51 bits per heavy atom. The number of anilines is 1. The Hall–Kier alpha value is -3.77. The molecule has 3 atom stereocenters. The van der Waals surface area contributed by atoms with Crippen LogP contribution in [0, 0.1) is 0 Å². The summed E-state index contributed by atoms with van der Waals surface area (Å²) >= 11 is 6.05. The average molecular weight is 859 g/mol. The van der Waals surface area contributed by atoms with E-state index in [-0.39, 0.29) is 71.2 Å². The van der Waals surface area contributed by atoms with Gasteiger partial charge in [-0.3, -0.25) is 30.5 Å². The lowest BCUT2D eigenvalue weighted by Crippen LogP contribution is -2.60. The molecule has 330 valence electrons. The van der Waals surface area contributed by atoms with Crippen LogP contribution in [0.3, 0.4) is 0 Å². The van der Waals surface area contributed by atoms with Gasteiger partial charge in [0, 0.05) is 38.1 Å². The van der Waals surface area contributed by atoms with Gasteiger partial charge in [0.05, 0.1) is 81.3 Å². The molecular weight excluding hydrogens is 804 g/mol. The van der Waals surface area contributed by atoms with Crippen molar-refractivity contribution in [2.45, 2.75) is 82.1 Å². The fraction of sp³-hybridized carbons (Fsp3) is 0.632. The summed E-state index contributed by atoms with van der Waals surface area (Å²) in [4.78, 5) is 39.2. The lowest BCUT2D eigenvalue weighted by Gasteiger charge is -2.43. The van der Waals surface area contributed by atoms with E-state index in [1.165, 1.54) is 4.90 Å². The van der Waals surface area contributed by atoms with E-state index < -0.39 is 41.3 Å². The highest BCUT2D eigenvalue weighted by Crippen LogP contribution is 2.34. The highest BCUT2D eigenvalue weighted by atomic mass is 35.5. The summed E-state index contributed by atoms with van der Waals surface area (Å²) in [6.07, 6.45) is -0.988. The van der Waals surface area contributed by atoms with Gasteiger partial charge in [0.15, 0.2) is 6.10 Å². The molecule has 2 aromatic rings. The van der Waals surface area contributed by atoms with Gasteiger partial charge in [-0.2, -0.15) is 0 Å². The second-order valence-electron chi connectivity index (χ2n) is 14.1. The monoisotopic (exact) mass is 858 g/mol. The second-order valence-corrected chi connectivity index (χ2v) is 14.5. The van der Waals surface area contributed by atoms with Crippen LogP contribution >= 0.6 is 11.6 Å². The van der Waals surface area contributed by atoms with Crippen LogP contribution in [0.5, 0.6) is 11.5 Å². The maximum absolute atomic E-state index is 13.4. The summed E-state index contributed by atoms with van der Waals surface area (Å²) in [6, 6.07) is 13.0. The van der Waals surface area contributed by atoms with E-state index in [0.717, 1.165) is 42.3 Å². The third kappa shape index (κ3) is 15.6. The molecular formula is C38H55ClN4O16. The third-order valence-corrected chi connectivity index (χ3v) is 10.0. The molecule has 2 aliphatic heterocycles. The molecule has 1 saturated heterocycles. The molecule has 0 spiro atoms. The van der Waals surface area contributed by atoms with E-state index >= 15 is 0 Å². The van der Waals surface area contributed by atoms with E-state index in [4.69, 9.17) is 70.3 Å². The smallest absolute Gasteiger partial charge is 0.490 e. The van der Waals surface area contributed by atoms with Gasteiger partial charge < -0.3 is 47.7 Å². The van der Waals surface area contributed by atoms with Crippen molar-refractivity contribution < 1.29 is 78.0 Å². The van der Waals surface area contributed by atoms with Crippen LogP contribution in [0.15, 0.2) is 42.5 Å². The van der Waals surface area contributed by atoms with Gasteiger partial charge in [0.1, 0.15) is 30.3 Å². The molecule has 5 rings (SSSR count). The first-order valence-corrected chi connectivity index (χ1v) is 20.0. The number of fused-ring (bicyclic) bond motifs is 1. The first-order chi connectivity index (χ1) is 28.6. The maximum atomic E-state index is 13.4. The van der Waals surface area contributed by atoms with Crippen molar-refractivity contribution >= 4 is 29.5 Å². The minimum absolute atomic E-state index is 0.0261. The number of methoxy groups -OCH3 is 1.